The standard InChI is InChI=1S/C6H6O2.2C6H6OS/c2*1-5(7)6-2-3-8-4-6;1-5(7)6-3-2-4-8-6/h3*2-4H,1H3. The maximum atomic E-state index is 10.5. The number of furan rings is 1. The van der Waals surface area contributed by atoms with Crippen molar-refractivity contribution in [3.05, 3.63) is 68.9 Å². The van der Waals surface area contributed by atoms with E-state index in [1.165, 1.54) is 30.8 Å². The maximum Gasteiger partial charge on any atom is 0.169 e. The van der Waals surface area contributed by atoms with Gasteiger partial charge in [0.05, 0.1) is 16.7 Å². The van der Waals surface area contributed by atoms with Crippen LogP contribution in [-0.2, 0) is 0 Å². The molecule has 0 saturated carbocycles. The van der Waals surface area contributed by atoms with Crippen LogP contribution in [0.15, 0.2) is 57.3 Å². The Bertz CT molecular complexity index is 634. The van der Waals surface area contributed by atoms with Crippen molar-refractivity contribution < 1.29 is 18.8 Å². The van der Waals surface area contributed by atoms with E-state index >= 15 is 0 Å². The number of thiophene rings is 2. The van der Waals surface area contributed by atoms with E-state index in [0.29, 0.717) is 5.56 Å². The zero-order valence-corrected chi connectivity index (χ0v) is 15.3. The Morgan fingerprint density at radius 2 is 1.58 bits per heavy atom. The fourth-order valence-corrected chi connectivity index (χ4v) is 2.73. The smallest absolute Gasteiger partial charge is 0.169 e. The van der Waals surface area contributed by atoms with E-state index in [9.17, 15) is 14.4 Å². The molecule has 0 aromatic carbocycles. The molecule has 3 heterocycles. The van der Waals surface area contributed by atoms with E-state index in [-0.39, 0.29) is 17.3 Å². The van der Waals surface area contributed by atoms with Crippen molar-refractivity contribution >= 4 is 40.0 Å². The topological polar surface area (TPSA) is 64.3 Å². The van der Waals surface area contributed by atoms with Gasteiger partial charge < -0.3 is 4.42 Å². The Morgan fingerprint density at radius 3 is 1.83 bits per heavy atom. The van der Waals surface area contributed by atoms with Gasteiger partial charge in [-0.3, -0.25) is 14.4 Å². The zero-order valence-electron chi connectivity index (χ0n) is 13.6. The van der Waals surface area contributed by atoms with Crippen molar-refractivity contribution in [1.29, 1.82) is 0 Å². The van der Waals surface area contributed by atoms with Gasteiger partial charge in [-0.05, 0) is 49.7 Å². The Balaban J connectivity index is 0.000000180. The van der Waals surface area contributed by atoms with Crippen LogP contribution in [0, 0.1) is 0 Å². The number of Topliss-reactive ketones (excluding diaryl/α,β-unsaturated/α-hetero) is 3. The van der Waals surface area contributed by atoms with Crippen molar-refractivity contribution in [2.75, 3.05) is 0 Å². The van der Waals surface area contributed by atoms with Crippen LogP contribution in [-0.4, -0.2) is 17.3 Å². The number of ketones is 3. The van der Waals surface area contributed by atoms with Gasteiger partial charge in [0.25, 0.3) is 0 Å². The van der Waals surface area contributed by atoms with Crippen molar-refractivity contribution in [2.24, 2.45) is 0 Å². The van der Waals surface area contributed by atoms with Crippen LogP contribution in [0.4, 0.5) is 0 Å². The molecular weight excluding hydrogens is 344 g/mol. The van der Waals surface area contributed by atoms with Gasteiger partial charge in [0, 0.05) is 10.9 Å². The van der Waals surface area contributed by atoms with Crippen LogP contribution < -0.4 is 0 Å². The summed E-state index contributed by atoms with van der Waals surface area (Å²) in [5.74, 6) is 0.338. The minimum Gasteiger partial charge on any atom is -0.472 e. The van der Waals surface area contributed by atoms with Gasteiger partial charge in [0.2, 0.25) is 0 Å². The van der Waals surface area contributed by atoms with E-state index in [0.717, 1.165) is 10.4 Å². The second-order valence-electron chi connectivity index (χ2n) is 4.67. The first-order valence-electron chi connectivity index (χ1n) is 7.02. The summed E-state index contributed by atoms with van der Waals surface area (Å²) in [5, 5.41) is 5.65. The molecule has 3 aromatic rings. The molecule has 0 radical (unpaired) electrons. The molecule has 0 saturated heterocycles. The normalized spacial score (nSPS) is 9.12. The second kappa shape index (κ2) is 10.5. The lowest BCUT2D eigenvalue weighted by Crippen LogP contribution is -1.85. The number of hydrogen-bond acceptors (Lipinski definition) is 6. The second-order valence-corrected chi connectivity index (χ2v) is 6.40. The highest BCUT2D eigenvalue weighted by atomic mass is 32.1. The third-order valence-corrected chi connectivity index (χ3v) is 4.38. The van der Waals surface area contributed by atoms with Gasteiger partial charge in [-0.25, -0.2) is 0 Å². The maximum absolute atomic E-state index is 10.5. The average Bonchev–Trinajstić information content (AvgIpc) is 3.29. The molecule has 0 N–H and O–H groups in total. The molecule has 0 aliphatic heterocycles. The zero-order chi connectivity index (χ0) is 17.9. The molecule has 3 aromatic heterocycles. The summed E-state index contributed by atoms with van der Waals surface area (Å²) in [6.45, 7) is 4.65. The molecule has 0 bridgehead atoms. The number of carbonyl (C=O) groups excluding carboxylic acids is 3. The van der Waals surface area contributed by atoms with E-state index < -0.39 is 0 Å². The lowest BCUT2D eigenvalue weighted by atomic mass is 10.2. The molecule has 24 heavy (non-hydrogen) atoms. The molecule has 6 heteroatoms. The first-order valence-corrected chi connectivity index (χ1v) is 8.84. The van der Waals surface area contributed by atoms with Gasteiger partial charge in [0.1, 0.15) is 6.26 Å². The lowest BCUT2D eigenvalue weighted by molar-refractivity contribution is 0.100. The Morgan fingerprint density at radius 1 is 0.875 bits per heavy atom. The van der Waals surface area contributed by atoms with Gasteiger partial charge in [-0.2, -0.15) is 11.3 Å². The Hall–Kier alpha value is -2.31. The van der Waals surface area contributed by atoms with Crippen LogP contribution in [0.2, 0.25) is 0 Å². The predicted molar refractivity (Wildman–Crippen MR) is 97.4 cm³/mol. The highest BCUT2D eigenvalue weighted by Crippen LogP contribution is 2.07. The molecule has 0 amide bonds. The van der Waals surface area contributed by atoms with Crippen LogP contribution >= 0.6 is 22.7 Å². The van der Waals surface area contributed by atoms with E-state index in [1.807, 2.05) is 34.3 Å². The molecular formula is C18H18O4S2. The third kappa shape index (κ3) is 7.30. The first kappa shape index (κ1) is 19.7. The number of rotatable bonds is 3. The van der Waals surface area contributed by atoms with E-state index in [1.54, 1.807) is 31.3 Å². The summed E-state index contributed by atoms with van der Waals surface area (Å²) in [6.07, 6.45) is 2.92. The lowest BCUT2D eigenvalue weighted by Gasteiger charge is -1.79. The monoisotopic (exact) mass is 362 g/mol. The summed E-state index contributed by atoms with van der Waals surface area (Å²) in [4.78, 5) is 32.3. The van der Waals surface area contributed by atoms with Crippen LogP contribution in [0.5, 0.6) is 0 Å². The van der Waals surface area contributed by atoms with Crippen molar-refractivity contribution in [1.82, 2.24) is 0 Å². The molecule has 126 valence electrons. The molecule has 0 unspecified atom stereocenters. The summed E-state index contributed by atoms with van der Waals surface area (Å²) in [6, 6.07) is 7.17. The third-order valence-electron chi connectivity index (χ3n) is 2.72. The van der Waals surface area contributed by atoms with E-state index in [4.69, 9.17) is 0 Å². The Labute approximate surface area is 148 Å². The summed E-state index contributed by atoms with van der Waals surface area (Å²) < 4.78 is 4.65. The van der Waals surface area contributed by atoms with Crippen molar-refractivity contribution in [2.45, 2.75) is 20.8 Å². The largest absolute Gasteiger partial charge is 0.472 e. The molecule has 0 atom stereocenters. The number of carbonyl (C=O) groups is 3. The SMILES string of the molecule is CC(=O)c1cccs1.CC(=O)c1ccoc1.CC(=O)c1ccsc1. The van der Waals surface area contributed by atoms with Gasteiger partial charge in [-0.15, -0.1) is 11.3 Å². The minimum absolute atomic E-state index is 0.0405. The molecule has 0 fully saturated rings. The number of hydrogen-bond donors (Lipinski definition) is 0. The van der Waals surface area contributed by atoms with Crippen LogP contribution in [0.3, 0.4) is 0 Å². The quantitative estimate of drug-likeness (QED) is 0.586. The molecule has 4 nitrogen and oxygen atoms in total. The summed E-state index contributed by atoms with van der Waals surface area (Å²) in [5.41, 5.74) is 1.44. The first-order chi connectivity index (χ1) is 11.4. The van der Waals surface area contributed by atoms with Gasteiger partial charge in [0.15, 0.2) is 17.3 Å². The fraction of sp³-hybridized carbons (Fsp3) is 0.167. The summed E-state index contributed by atoms with van der Waals surface area (Å²) >= 11 is 3.03. The molecule has 0 spiro atoms. The summed E-state index contributed by atoms with van der Waals surface area (Å²) in [7, 11) is 0. The van der Waals surface area contributed by atoms with E-state index in [2.05, 4.69) is 4.42 Å². The van der Waals surface area contributed by atoms with Crippen molar-refractivity contribution in [3.63, 3.8) is 0 Å². The molecule has 0 aliphatic carbocycles. The molecule has 0 aliphatic rings. The van der Waals surface area contributed by atoms with Gasteiger partial charge in [-0.1, -0.05) is 6.07 Å². The fourth-order valence-electron chi connectivity index (χ4n) is 1.41. The van der Waals surface area contributed by atoms with Crippen LogP contribution in [0.25, 0.3) is 0 Å². The highest BCUT2D eigenvalue weighted by molar-refractivity contribution is 7.12. The van der Waals surface area contributed by atoms with Crippen molar-refractivity contribution in [3.8, 4) is 0 Å². The minimum atomic E-state index is 0.0405. The average molecular weight is 362 g/mol. The highest BCUT2D eigenvalue weighted by Gasteiger charge is 1.97. The van der Waals surface area contributed by atoms with Crippen LogP contribution in [0.1, 0.15) is 51.2 Å². The molecule has 3 rings (SSSR count). The predicted octanol–water partition coefficient (Wildman–Crippen LogP) is 5.38. The van der Waals surface area contributed by atoms with Gasteiger partial charge >= 0.3 is 0 Å². The Kier molecular flexibility index (Phi) is 8.60.